The third-order valence-electron chi connectivity index (χ3n) is 4.17. The van der Waals surface area contributed by atoms with E-state index in [2.05, 4.69) is 16.4 Å². The minimum absolute atomic E-state index is 0.0933. The highest BCUT2D eigenvalue weighted by atomic mass is 16.5. The van der Waals surface area contributed by atoms with Crippen molar-refractivity contribution >= 4 is 28.1 Å². The van der Waals surface area contributed by atoms with Gasteiger partial charge < -0.3 is 10.1 Å². The lowest BCUT2D eigenvalue weighted by Crippen LogP contribution is -2.06. The summed E-state index contributed by atoms with van der Waals surface area (Å²) in [5.74, 6) is 0.824. The number of aryl methyl sites for hydroxylation is 1. The standard InChI is InChI=1S/C21H22N2O2/c1-4-7-19(24)16-13-22-17-11-10-14(2)12-15(17)21(16)23-18-8-5-6-9-20(18)25-3/h5-6,8-13H,4,7H2,1-3H3,(H,22,23). The van der Waals surface area contributed by atoms with E-state index in [4.69, 9.17) is 4.74 Å². The van der Waals surface area contributed by atoms with Crippen LogP contribution in [-0.4, -0.2) is 17.9 Å². The fraction of sp³-hybridized carbons (Fsp3) is 0.238. The molecular weight excluding hydrogens is 312 g/mol. The van der Waals surface area contributed by atoms with Crippen LogP contribution in [0.15, 0.2) is 48.7 Å². The van der Waals surface area contributed by atoms with Crippen LogP contribution in [0.1, 0.15) is 35.7 Å². The molecular formula is C21H22N2O2. The van der Waals surface area contributed by atoms with Crippen LogP contribution in [0.5, 0.6) is 5.75 Å². The summed E-state index contributed by atoms with van der Waals surface area (Å²) in [7, 11) is 1.64. The van der Waals surface area contributed by atoms with E-state index in [0.717, 1.165) is 40.0 Å². The molecule has 0 saturated carbocycles. The number of aromatic nitrogens is 1. The zero-order valence-corrected chi connectivity index (χ0v) is 14.8. The van der Waals surface area contributed by atoms with E-state index in [0.29, 0.717) is 12.0 Å². The molecule has 1 N–H and O–H groups in total. The lowest BCUT2D eigenvalue weighted by atomic mass is 10.0. The molecule has 0 amide bonds. The van der Waals surface area contributed by atoms with Crippen molar-refractivity contribution in [2.45, 2.75) is 26.7 Å². The normalized spacial score (nSPS) is 10.7. The minimum Gasteiger partial charge on any atom is -0.495 e. The lowest BCUT2D eigenvalue weighted by Gasteiger charge is -2.16. The zero-order chi connectivity index (χ0) is 17.8. The fourth-order valence-corrected chi connectivity index (χ4v) is 2.90. The average molecular weight is 334 g/mol. The predicted octanol–water partition coefficient (Wildman–Crippen LogP) is 5.28. The number of benzene rings is 2. The van der Waals surface area contributed by atoms with Crippen molar-refractivity contribution < 1.29 is 9.53 Å². The van der Waals surface area contributed by atoms with Gasteiger partial charge in [0, 0.05) is 18.0 Å². The monoisotopic (exact) mass is 334 g/mol. The first kappa shape index (κ1) is 17.0. The molecule has 25 heavy (non-hydrogen) atoms. The molecule has 0 atom stereocenters. The smallest absolute Gasteiger partial charge is 0.166 e. The van der Waals surface area contributed by atoms with Crippen molar-refractivity contribution in [1.82, 2.24) is 4.98 Å². The number of para-hydroxylation sites is 2. The molecule has 1 aromatic heterocycles. The Morgan fingerprint density at radius 3 is 2.76 bits per heavy atom. The van der Waals surface area contributed by atoms with Crippen LogP contribution < -0.4 is 10.1 Å². The number of carbonyl (C=O) groups excluding carboxylic acids is 1. The third-order valence-corrected chi connectivity index (χ3v) is 4.17. The Kier molecular flexibility index (Phi) is 4.98. The second-order valence-electron chi connectivity index (χ2n) is 6.07. The number of methoxy groups -OCH3 is 1. The number of nitrogens with zero attached hydrogens (tertiary/aromatic N) is 1. The second kappa shape index (κ2) is 7.34. The Bertz CT molecular complexity index is 919. The lowest BCUT2D eigenvalue weighted by molar-refractivity contribution is 0.0982. The summed E-state index contributed by atoms with van der Waals surface area (Å²) in [6, 6.07) is 13.7. The number of anilines is 2. The highest BCUT2D eigenvalue weighted by molar-refractivity contribution is 6.09. The summed E-state index contributed by atoms with van der Waals surface area (Å²) < 4.78 is 5.44. The highest BCUT2D eigenvalue weighted by Crippen LogP contribution is 2.34. The van der Waals surface area contributed by atoms with Gasteiger partial charge in [0.15, 0.2) is 5.78 Å². The third kappa shape index (κ3) is 3.48. The van der Waals surface area contributed by atoms with Crippen molar-refractivity contribution in [2.24, 2.45) is 0 Å². The van der Waals surface area contributed by atoms with Gasteiger partial charge in [0.25, 0.3) is 0 Å². The molecule has 4 heteroatoms. The molecule has 128 valence electrons. The predicted molar refractivity (Wildman–Crippen MR) is 102 cm³/mol. The van der Waals surface area contributed by atoms with Crippen LogP contribution in [-0.2, 0) is 0 Å². The Balaban J connectivity index is 2.19. The molecule has 1 heterocycles. The van der Waals surface area contributed by atoms with Crippen molar-refractivity contribution in [3.63, 3.8) is 0 Å². The highest BCUT2D eigenvalue weighted by Gasteiger charge is 2.16. The van der Waals surface area contributed by atoms with Gasteiger partial charge in [-0.05, 0) is 37.6 Å². The molecule has 0 bridgehead atoms. The minimum atomic E-state index is 0.0933. The molecule has 0 spiro atoms. The summed E-state index contributed by atoms with van der Waals surface area (Å²) >= 11 is 0. The van der Waals surface area contributed by atoms with Crippen molar-refractivity contribution in [1.29, 1.82) is 0 Å². The molecule has 2 aromatic carbocycles. The molecule has 0 aliphatic rings. The molecule has 0 saturated heterocycles. The molecule has 0 aliphatic heterocycles. The SMILES string of the molecule is CCCC(=O)c1cnc2ccc(C)cc2c1Nc1ccccc1OC. The van der Waals surface area contributed by atoms with E-state index in [1.165, 1.54) is 0 Å². The van der Waals surface area contributed by atoms with Crippen molar-refractivity contribution in [3.8, 4) is 5.75 Å². The molecule has 4 nitrogen and oxygen atoms in total. The first-order chi connectivity index (χ1) is 12.1. The summed E-state index contributed by atoms with van der Waals surface area (Å²) in [6.45, 7) is 4.04. The molecule has 0 unspecified atom stereocenters. The van der Waals surface area contributed by atoms with Crippen LogP contribution in [0, 0.1) is 6.92 Å². The molecule has 0 radical (unpaired) electrons. The molecule has 3 aromatic rings. The Morgan fingerprint density at radius 2 is 2.00 bits per heavy atom. The Hall–Kier alpha value is -2.88. The number of nitrogens with one attached hydrogen (secondary N) is 1. The largest absolute Gasteiger partial charge is 0.495 e. The van der Waals surface area contributed by atoms with Gasteiger partial charge in [0.1, 0.15) is 5.75 Å². The Labute approximate surface area is 147 Å². The van der Waals surface area contributed by atoms with Crippen LogP contribution >= 0.6 is 0 Å². The fourth-order valence-electron chi connectivity index (χ4n) is 2.90. The van der Waals surface area contributed by atoms with E-state index >= 15 is 0 Å². The first-order valence-corrected chi connectivity index (χ1v) is 8.46. The number of hydrogen-bond acceptors (Lipinski definition) is 4. The van der Waals surface area contributed by atoms with Crippen molar-refractivity contribution in [2.75, 3.05) is 12.4 Å². The van der Waals surface area contributed by atoms with Gasteiger partial charge in [-0.2, -0.15) is 0 Å². The number of pyridine rings is 1. The summed E-state index contributed by atoms with van der Waals surface area (Å²) in [6.07, 6.45) is 2.98. The van der Waals surface area contributed by atoms with Gasteiger partial charge in [-0.1, -0.05) is 30.7 Å². The quantitative estimate of drug-likeness (QED) is 0.623. The van der Waals surface area contributed by atoms with Crippen molar-refractivity contribution in [3.05, 3.63) is 59.8 Å². The number of hydrogen-bond donors (Lipinski definition) is 1. The van der Waals surface area contributed by atoms with Gasteiger partial charge >= 0.3 is 0 Å². The number of ketones is 1. The van der Waals surface area contributed by atoms with E-state index < -0.39 is 0 Å². The van der Waals surface area contributed by atoms with E-state index in [1.54, 1.807) is 13.3 Å². The zero-order valence-electron chi connectivity index (χ0n) is 14.8. The second-order valence-corrected chi connectivity index (χ2v) is 6.07. The number of fused-ring (bicyclic) bond motifs is 1. The van der Waals surface area contributed by atoms with Crippen LogP contribution in [0.3, 0.4) is 0 Å². The topological polar surface area (TPSA) is 51.2 Å². The number of ether oxygens (including phenoxy) is 1. The first-order valence-electron chi connectivity index (χ1n) is 8.46. The molecule has 3 rings (SSSR count). The summed E-state index contributed by atoms with van der Waals surface area (Å²) in [4.78, 5) is 17.1. The Morgan fingerprint density at radius 1 is 1.20 bits per heavy atom. The molecule has 0 aliphatic carbocycles. The van der Waals surface area contributed by atoms with Gasteiger partial charge in [0.05, 0.1) is 29.6 Å². The van der Waals surface area contributed by atoms with Gasteiger partial charge in [-0.25, -0.2) is 0 Å². The average Bonchev–Trinajstić information content (AvgIpc) is 2.62. The van der Waals surface area contributed by atoms with Gasteiger partial charge in [0.2, 0.25) is 0 Å². The van der Waals surface area contributed by atoms with Crippen LogP contribution in [0.25, 0.3) is 10.9 Å². The van der Waals surface area contributed by atoms with Gasteiger partial charge in [-0.15, -0.1) is 0 Å². The number of Topliss-reactive ketones (excluding diaryl/α,β-unsaturated/α-hetero) is 1. The summed E-state index contributed by atoms with van der Waals surface area (Å²) in [5.41, 5.74) is 4.21. The van der Waals surface area contributed by atoms with Gasteiger partial charge in [-0.3, -0.25) is 9.78 Å². The maximum absolute atomic E-state index is 12.6. The van der Waals surface area contributed by atoms with E-state index in [1.807, 2.05) is 50.2 Å². The maximum atomic E-state index is 12.6. The van der Waals surface area contributed by atoms with E-state index in [9.17, 15) is 4.79 Å². The van der Waals surface area contributed by atoms with Crippen LogP contribution in [0.4, 0.5) is 11.4 Å². The number of rotatable bonds is 6. The molecule has 0 fully saturated rings. The summed E-state index contributed by atoms with van der Waals surface area (Å²) in [5, 5.41) is 4.35. The van der Waals surface area contributed by atoms with Crippen LogP contribution in [0.2, 0.25) is 0 Å². The number of carbonyl (C=O) groups is 1. The maximum Gasteiger partial charge on any atom is 0.166 e. The van der Waals surface area contributed by atoms with E-state index in [-0.39, 0.29) is 5.78 Å².